The Labute approximate surface area is 104 Å². The fraction of sp³-hybridized carbons (Fsp3) is 0.357. The predicted molar refractivity (Wildman–Crippen MR) is 68.5 cm³/mol. The van der Waals surface area contributed by atoms with Gasteiger partial charge in [-0.25, -0.2) is 4.98 Å². The number of para-hydroxylation sites is 2. The summed E-state index contributed by atoms with van der Waals surface area (Å²) in [5.41, 5.74) is 1.78. The summed E-state index contributed by atoms with van der Waals surface area (Å²) in [4.78, 5) is 28.3. The van der Waals surface area contributed by atoms with Crippen molar-refractivity contribution in [3.63, 3.8) is 0 Å². The minimum Gasteiger partial charge on any atom is -0.298 e. The highest BCUT2D eigenvalue weighted by Gasteiger charge is 2.29. The van der Waals surface area contributed by atoms with Crippen LogP contribution in [0.5, 0.6) is 0 Å². The van der Waals surface area contributed by atoms with E-state index in [1.54, 1.807) is 11.5 Å². The van der Waals surface area contributed by atoms with Crippen LogP contribution in [0.3, 0.4) is 0 Å². The summed E-state index contributed by atoms with van der Waals surface area (Å²) >= 11 is 0. The minimum atomic E-state index is -0.164. The number of carbonyl (C=O) groups excluding carboxylic acids is 1. The van der Waals surface area contributed by atoms with E-state index < -0.39 is 0 Å². The molecule has 4 nitrogen and oxygen atoms in total. The Bertz CT molecular complexity index is 684. The summed E-state index contributed by atoms with van der Waals surface area (Å²) < 4.78 is 1.55. The maximum Gasteiger partial charge on any atom is 0.272 e. The van der Waals surface area contributed by atoms with Gasteiger partial charge in [-0.3, -0.25) is 14.2 Å². The largest absolute Gasteiger partial charge is 0.298 e. The molecule has 1 heterocycles. The second kappa shape index (κ2) is 4.05. The van der Waals surface area contributed by atoms with Gasteiger partial charge in [0.2, 0.25) is 0 Å². The number of aryl methyl sites for hydroxylation is 1. The third-order valence-corrected chi connectivity index (χ3v) is 3.36. The van der Waals surface area contributed by atoms with Crippen molar-refractivity contribution in [1.29, 1.82) is 0 Å². The molecule has 18 heavy (non-hydrogen) atoms. The molecule has 1 saturated carbocycles. The molecule has 1 aromatic heterocycles. The number of ketones is 1. The molecule has 0 saturated heterocycles. The van der Waals surface area contributed by atoms with Crippen LogP contribution in [0.25, 0.3) is 11.0 Å². The second-order valence-electron chi connectivity index (χ2n) is 4.82. The molecule has 1 aromatic carbocycles. The van der Waals surface area contributed by atoms with Crippen LogP contribution in [-0.4, -0.2) is 15.3 Å². The summed E-state index contributed by atoms with van der Waals surface area (Å²) in [6.45, 7) is 1.86. The quantitative estimate of drug-likeness (QED) is 0.823. The third-order valence-electron chi connectivity index (χ3n) is 3.36. The Morgan fingerprint density at radius 1 is 1.39 bits per heavy atom. The lowest BCUT2D eigenvalue weighted by atomic mass is 10.2. The summed E-state index contributed by atoms with van der Waals surface area (Å²) in [5.74, 6) is 0.331. The van der Waals surface area contributed by atoms with E-state index >= 15 is 0 Å². The van der Waals surface area contributed by atoms with Crippen molar-refractivity contribution in [2.24, 2.45) is 5.92 Å². The molecule has 1 aliphatic rings. The van der Waals surface area contributed by atoms with Crippen molar-refractivity contribution >= 4 is 16.8 Å². The maximum absolute atomic E-state index is 12.1. The molecule has 0 N–H and O–H groups in total. The zero-order chi connectivity index (χ0) is 12.7. The van der Waals surface area contributed by atoms with Crippen molar-refractivity contribution in [1.82, 2.24) is 9.55 Å². The number of hydrogen-bond acceptors (Lipinski definition) is 3. The van der Waals surface area contributed by atoms with Crippen molar-refractivity contribution in [2.45, 2.75) is 26.3 Å². The normalized spacial score (nSPS) is 14.9. The summed E-state index contributed by atoms with van der Waals surface area (Å²) in [6, 6.07) is 7.44. The number of nitrogens with zero attached hydrogens (tertiary/aromatic N) is 2. The highest BCUT2D eigenvalue weighted by Crippen LogP contribution is 2.30. The highest BCUT2D eigenvalue weighted by atomic mass is 16.1. The number of aromatic nitrogens is 2. The van der Waals surface area contributed by atoms with Gasteiger partial charge in [0.05, 0.1) is 17.6 Å². The fourth-order valence-electron chi connectivity index (χ4n) is 2.17. The number of Topliss-reactive ketones (excluding diaryl/α,β-unsaturated/α-hetero) is 1. The Kier molecular flexibility index (Phi) is 2.51. The molecule has 0 spiro atoms. The van der Waals surface area contributed by atoms with E-state index in [-0.39, 0.29) is 23.8 Å². The average Bonchev–Trinajstić information content (AvgIpc) is 3.19. The van der Waals surface area contributed by atoms with Gasteiger partial charge in [0, 0.05) is 5.92 Å². The smallest absolute Gasteiger partial charge is 0.272 e. The molecule has 0 atom stereocenters. The zero-order valence-electron chi connectivity index (χ0n) is 10.2. The van der Waals surface area contributed by atoms with Gasteiger partial charge in [0.1, 0.15) is 5.69 Å². The van der Waals surface area contributed by atoms with Crippen LogP contribution >= 0.6 is 0 Å². The van der Waals surface area contributed by atoms with Crippen LogP contribution in [0.1, 0.15) is 18.5 Å². The number of carbonyl (C=O) groups is 1. The van der Waals surface area contributed by atoms with E-state index in [1.165, 1.54) is 0 Å². The molecular weight excluding hydrogens is 228 g/mol. The van der Waals surface area contributed by atoms with E-state index in [0.717, 1.165) is 23.9 Å². The van der Waals surface area contributed by atoms with Crippen LogP contribution < -0.4 is 5.56 Å². The summed E-state index contributed by atoms with van der Waals surface area (Å²) in [5, 5.41) is 0. The van der Waals surface area contributed by atoms with Crippen LogP contribution in [-0.2, 0) is 11.3 Å². The first-order valence-corrected chi connectivity index (χ1v) is 6.15. The molecule has 0 bridgehead atoms. The van der Waals surface area contributed by atoms with E-state index in [2.05, 4.69) is 4.98 Å². The summed E-state index contributed by atoms with van der Waals surface area (Å²) in [7, 11) is 0. The Balaban J connectivity index is 2.15. The van der Waals surface area contributed by atoms with Crippen LogP contribution in [0.15, 0.2) is 29.1 Å². The number of benzene rings is 1. The highest BCUT2D eigenvalue weighted by molar-refractivity contribution is 5.85. The topological polar surface area (TPSA) is 52.0 Å². The molecule has 1 aliphatic carbocycles. The molecule has 0 unspecified atom stereocenters. The molecule has 0 radical (unpaired) electrons. The fourth-order valence-corrected chi connectivity index (χ4v) is 2.17. The van der Waals surface area contributed by atoms with Gasteiger partial charge in [-0.05, 0) is 31.9 Å². The van der Waals surface area contributed by atoms with E-state index in [9.17, 15) is 9.59 Å². The first-order valence-electron chi connectivity index (χ1n) is 6.15. The zero-order valence-corrected chi connectivity index (χ0v) is 10.2. The van der Waals surface area contributed by atoms with Crippen molar-refractivity contribution in [3.05, 3.63) is 40.3 Å². The van der Waals surface area contributed by atoms with E-state index in [1.807, 2.05) is 24.3 Å². The standard InChI is InChI=1S/C14H14N2O2/c1-9-14(18)16(8-13(17)10-6-7-10)12-5-3-2-4-11(12)15-9/h2-5,10H,6-8H2,1H3. The number of rotatable bonds is 3. The predicted octanol–water partition coefficient (Wildman–Crippen LogP) is 1.68. The van der Waals surface area contributed by atoms with Crippen LogP contribution in [0.4, 0.5) is 0 Å². The van der Waals surface area contributed by atoms with Crippen LogP contribution in [0, 0.1) is 12.8 Å². The molecule has 92 valence electrons. The number of fused-ring (bicyclic) bond motifs is 1. The second-order valence-corrected chi connectivity index (χ2v) is 4.82. The Morgan fingerprint density at radius 2 is 2.11 bits per heavy atom. The van der Waals surface area contributed by atoms with Gasteiger partial charge in [0.25, 0.3) is 5.56 Å². The van der Waals surface area contributed by atoms with Gasteiger partial charge < -0.3 is 0 Å². The molecule has 0 amide bonds. The minimum absolute atomic E-state index is 0.160. The SMILES string of the molecule is Cc1nc2ccccc2n(CC(=O)C2CC2)c1=O. The molecule has 1 fully saturated rings. The Morgan fingerprint density at radius 3 is 2.83 bits per heavy atom. The number of hydrogen-bond donors (Lipinski definition) is 0. The monoisotopic (exact) mass is 242 g/mol. The molecule has 0 aliphatic heterocycles. The third kappa shape index (κ3) is 1.83. The lowest BCUT2D eigenvalue weighted by Crippen LogP contribution is -2.27. The van der Waals surface area contributed by atoms with E-state index in [0.29, 0.717) is 5.69 Å². The van der Waals surface area contributed by atoms with Crippen molar-refractivity contribution < 1.29 is 4.79 Å². The van der Waals surface area contributed by atoms with Gasteiger partial charge in [0.15, 0.2) is 5.78 Å². The van der Waals surface area contributed by atoms with Crippen molar-refractivity contribution in [3.8, 4) is 0 Å². The summed E-state index contributed by atoms with van der Waals surface area (Å²) in [6.07, 6.45) is 1.94. The lowest BCUT2D eigenvalue weighted by molar-refractivity contribution is -0.120. The molecule has 2 aromatic rings. The Hall–Kier alpha value is -1.97. The lowest BCUT2D eigenvalue weighted by Gasteiger charge is -2.09. The van der Waals surface area contributed by atoms with Gasteiger partial charge in [-0.1, -0.05) is 12.1 Å². The average molecular weight is 242 g/mol. The first-order chi connectivity index (χ1) is 8.66. The van der Waals surface area contributed by atoms with Gasteiger partial charge >= 0.3 is 0 Å². The molecular formula is C14H14N2O2. The van der Waals surface area contributed by atoms with Crippen molar-refractivity contribution in [2.75, 3.05) is 0 Å². The first kappa shape index (κ1) is 11.1. The molecule has 4 heteroatoms. The molecule has 3 rings (SSSR count). The van der Waals surface area contributed by atoms with Gasteiger partial charge in [-0.2, -0.15) is 0 Å². The van der Waals surface area contributed by atoms with Gasteiger partial charge in [-0.15, -0.1) is 0 Å². The van der Waals surface area contributed by atoms with E-state index in [4.69, 9.17) is 0 Å². The van der Waals surface area contributed by atoms with Crippen LogP contribution in [0.2, 0.25) is 0 Å². The maximum atomic E-state index is 12.1.